The lowest BCUT2D eigenvalue weighted by Gasteiger charge is -2.32. The Morgan fingerprint density at radius 2 is 2.03 bits per heavy atom. The van der Waals surface area contributed by atoms with Gasteiger partial charge in [-0.15, -0.1) is 0 Å². The largest absolute Gasteiger partial charge is 0.345 e. The molecule has 32 heavy (non-hydrogen) atoms. The SMILES string of the molecule is C=CC(=O)Nc1ccnc2ccc(-c3nccc(C(=O)N[C@@H]4CCN(C)C[C@@H]4F)n3)cc12. The maximum absolute atomic E-state index is 14.3. The predicted octanol–water partition coefficient (Wildman–Crippen LogP) is 2.59. The van der Waals surface area contributed by atoms with Crippen LogP contribution in [-0.4, -0.2) is 64.0 Å². The minimum atomic E-state index is -1.13. The first kappa shape index (κ1) is 21.5. The molecule has 0 saturated carbocycles. The fourth-order valence-electron chi connectivity index (χ4n) is 3.66. The quantitative estimate of drug-likeness (QED) is 0.599. The second-order valence-corrected chi connectivity index (χ2v) is 7.70. The number of fused-ring (bicyclic) bond motifs is 1. The third-order valence-corrected chi connectivity index (χ3v) is 5.39. The average molecular weight is 434 g/mol. The number of carbonyl (C=O) groups excluding carboxylic acids is 2. The number of nitrogens with one attached hydrogen (secondary N) is 2. The number of anilines is 1. The molecule has 0 unspecified atom stereocenters. The highest BCUT2D eigenvalue weighted by atomic mass is 19.1. The molecule has 164 valence electrons. The van der Waals surface area contributed by atoms with Crippen molar-refractivity contribution in [2.24, 2.45) is 0 Å². The van der Waals surface area contributed by atoms with E-state index in [4.69, 9.17) is 0 Å². The standard InChI is InChI=1S/C23H23FN6O2/c1-3-21(31)27-18-6-9-25-17-5-4-14(12-15(17)18)22-26-10-7-20(28-22)23(32)29-19-8-11-30(2)13-16(19)24/h3-7,9-10,12,16,19H,1,8,11,13H2,2H3,(H,29,32)(H,25,27,31)/t16-,19+/m0/s1. The third kappa shape index (κ3) is 4.62. The second kappa shape index (κ2) is 9.19. The van der Waals surface area contributed by atoms with Gasteiger partial charge in [0.25, 0.3) is 5.91 Å². The minimum Gasteiger partial charge on any atom is -0.345 e. The molecule has 0 radical (unpaired) electrons. The van der Waals surface area contributed by atoms with Gasteiger partial charge in [-0.3, -0.25) is 14.6 Å². The molecule has 1 saturated heterocycles. The highest BCUT2D eigenvalue weighted by molar-refractivity contribution is 6.05. The highest BCUT2D eigenvalue weighted by Gasteiger charge is 2.29. The van der Waals surface area contributed by atoms with Gasteiger partial charge in [-0.2, -0.15) is 0 Å². The number of likely N-dealkylation sites (tertiary alicyclic amines) is 1. The summed E-state index contributed by atoms with van der Waals surface area (Å²) < 4.78 is 14.3. The summed E-state index contributed by atoms with van der Waals surface area (Å²) in [5.41, 5.74) is 2.07. The number of aromatic nitrogens is 3. The third-order valence-electron chi connectivity index (χ3n) is 5.39. The summed E-state index contributed by atoms with van der Waals surface area (Å²) in [5.74, 6) is -0.435. The van der Waals surface area contributed by atoms with E-state index < -0.39 is 18.1 Å². The zero-order valence-electron chi connectivity index (χ0n) is 17.6. The topological polar surface area (TPSA) is 100 Å². The van der Waals surface area contributed by atoms with Gasteiger partial charge in [-0.25, -0.2) is 14.4 Å². The molecule has 2 atom stereocenters. The first-order valence-corrected chi connectivity index (χ1v) is 10.2. The summed E-state index contributed by atoms with van der Waals surface area (Å²) >= 11 is 0. The van der Waals surface area contributed by atoms with E-state index in [1.165, 1.54) is 18.3 Å². The van der Waals surface area contributed by atoms with Crippen molar-refractivity contribution in [1.82, 2.24) is 25.2 Å². The minimum absolute atomic E-state index is 0.160. The normalized spacial score (nSPS) is 18.8. The summed E-state index contributed by atoms with van der Waals surface area (Å²) in [5, 5.41) is 6.21. The molecule has 8 nitrogen and oxygen atoms in total. The van der Waals surface area contributed by atoms with Gasteiger partial charge in [-0.05, 0) is 49.9 Å². The number of pyridine rings is 1. The molecule has 0 spiro atoms. The van der Waals surface area contributed by atoms with Crippen LogP contribution < -0.4 is 10.6 Å². The Morgan fingerprint density at radius 1 is 1.22 bits per heavy atom. The number of hydrogen-bond acceptors (Lipinski definition) is 6. The summed E-state index contributed by atoms with van der Waals surface area (Å²) in [6.45, 7) is 4.47. The lowest BCUT2D eigenvalue weighted by molar-refractivity contribution is -0.111. The molecule has 1 aromatic carbocycles. The van der Waals surface area contributed by atoms with Crippen LogP contribution in [0.3, 0.4) is 0 Å². The van der Waals surface area contributed by atoms with Crippen molar-refractivity contribution in [3.8, 4) is 11.4 Å². The molecule has 1 aliphatic heterocycles. The Labute approximate surface area is 184 Å². The highest BCUT2D eigenvalue weighted by Crippen LogP contribution is 2.26. The number of rotatable bonds is 5. The van der Waals surface area contributed by atoms with Gasteiger partial charge in [-0.1, -0.05) is 6.58 Å². The van der Waals surface area contributed by atoms with Crippen molar-refractivity contribution in [3.63, 3.8) is 0 Å². The van der Waals surface area contributed by atoms with E-state index in [2.05, 4.69) is 32.2 Å². The Balaban J connectivity index is 1.60. The number of halogens is 1. The van der Waals surface area contributed by atoms with E-state index in [1.54, 1.807) is 30.5 Å². The molecule has 1 fully saturated rings. The zero-order chi connectivity index (χ0) is 22.7. The van der Waals surface area contributed by atoms with E-state index in [-0.39, 0.29) is 18.1 Å². The molecule has 3 heterocycles. The van der Waals surface area contributed by atoms with Crippen molar-refractivity contribution in [2.75, 3.05) is 25.5 Å². The second-order valence-electron chi connectivity index (χ2n) is 7.70. The predicted molar refractivity (Wildman–Crippen MR) is 120 cm³/mol. The number of nitrogens with zero attached hydrogens (tertiary/aromatic N) is 4. The summed E-state index contributed by atoms with van der Waals surface area (Å²) in [6.07, 6.45) is 3.69. The number of amides is 2. The number of benzene rings is 1. The zero-order valence-corrected chi connectivity index (χ0v) is 17.6. The molecular formula is C23H23FN6O2. The van der Waals surface area contributed by atoms with Crippen molar-refractivity contribution >= 4 is 28.4 Å². The molecule has 4 rings (SSSR count). The van der Waals surface area contributed by atoms with Crippen LogP contribution in [0, 0.1) is 0 Å². The van der Waals surface area contributed by atoms with Crippen LogP contribution in [0.15, 0.2) is 55.4 Å². The molecule has 0 bridgehead atoms. The molecule has 2 aromatic heterocycles. The van der Waals surface area contributed by atoms with Crippen molar-refractivity contribution in [3.05, 3.63) is 61.1 Å². The lowest BCUT2D eigenvalue weighted by atomic mass is 10.0. The number of carbonyl (C=O) groups is 2. The van der Waals surface area contributed by atoms with E-state index in [9.17, 15) is 14.0 Å². The van der Waals surface area contributed by atoms with Crippen LogP contribution in [0.5, 0.6) is 0 Å². The summed E-state index contributed by atoms with van der Waals surface area (Å²) in [4.78, 5) is 39.3. The van der Waals surface area contributed by atoms with Crippen LogP contribution >= 0.6 is 0 Å². The van der Waals surface area contributed by atoms with Gasteiger partial charge < -0.3 is 15.5 Å². The first-order chi connectivity index (χ1) is 15.4. The lowest BCUT2D eigenvalue weighted by Crippen LogP contribution is -2.51. The van der Waals surface area contributed by atoms with Crippen LogP contribution in [0.1, 0.15) is 16.9 Å². The van der Waals surface area contributed by atoms with Crippen LogP contribution in [0.2, 0.25) is 0 Å². The van der Waals surface area contributed by atoms with Gasteiger partial charge in [0.05, 0.1) is 17.2 Å². The first-order valence-electron chi connectivity index (χ1n) is 10.2. The van der Waals surface area contributed by atoms with Gasteiger partial charge >= 0.3 is 0 Å². The maximum atomic E-state index is 14.3. The molecular weight excluding hydrogens is 411 g/mol. The van der Waals surface area contributed by atoms with Crippen LogP contribution in [0.4, 0.5) is 10.1 Å². The van der Waals surface area contributed by atoms with E-state index >= 15 is 0 Å². The van der Waals surface area contributed by atoms with Gasteiger partial charge in [0, 0.05) is 36.4 Å². The Bertz CT molecular complexity index is 1180. The van der Waals surface area contributed by atoms with E-state index in [0.29, 0.717) is 34.4 Å². The number of piperidine rings is 1. The Morgan fingerprint density at radius 3 is 2.81 bits per heavy atom. The van der Waals surface area contributed by atoms with Crippen LogP contribution in [-0.2, 0) is 4.79 Å². The monoisotopic (exact) mass is 434 g/mol. The maximum Gasteiger partial charge on any atom is 0.270 e. The molecule has 3 aromatic rings. The Kier molecular flexibility index (Phi) is 6.18. The number of alkyl halides is 1. The smallest absolute Gasteiger partial charge is 0.270 e. The summed E-state index contributed by atoms with van der Waals surface area (Å²) in [7, 11) is 1.86. The number of hydrogen-bond donors (Lipinski definition) is 2. The van der Waals surface area contributed by atoms with E-state index in [1.807, 2.05) is 11.9 Å². The van der Waals surface area contributed by atoms with E-state index in [0.717, 1.165) is 6.54 Å². The van der Waals surface area contributed by atoms with Crippen LogP contribution in [0.25, 0.3) is 22.3 Å². The van der Waals surface area contributed by atoms with Gasteiger partial charge in [0.15, 0.2) is 5.82 Å². The van der Waals surface area contributed by atoms with Gasteiger partial charge in [0.1, 0.15) is 11.9 Å². The molecule has 0 aliphatic carbocycles. The van der Waals surface area contributed by atoms with Crippen molar-refractivity contribution < 1.29 is 14.0 Å². The Hall–Kier alpha value is -3.72. The molecule has 1 aliphatic rings. The van der Waals surface area contributed by atoms with Gasteiger partial charge in [0.2, 0.25) is 5.91 Å². The van der Waals surface area contributed by atoms with Crippen molar-refractivity contribution in [1.29, 1.82) is 0 Å². The average Bonchev–Trinajstić information content (AvgIpc) is 2.80. The fraction of sp³-hybridized carbons (Fsp3) is 0.261. The molecule has 2 N–H and O–H groups in total. The molecule has 9 heteroatoms. The molecule has 2 amide bonds. The summed E-state index contributed by atoms with van der Waals surface area (Å²) in [6, 6.07) is 8.02. The van der Waals surface area contributed by atoms with Crippen molar-refractivity contribution in [2.45, 2.75) is 18.6 Å². The fourth-order valence-corrected chi connectivity index (χ4v) is 3.66.